The molecule has 0 atom stereocenters. The van der Waals surface area contributed by atoms with Gasteiger partial charge < -0.3 is 19.7 Å². The molecule has 1 heterocycles. The summed E-state index contributed by atoms with van der Waals surface area (Å²) in [6, 6.07) is 6.31. The SMILES string of the molecule is COc1cccc(-c2cc(C(=O)O)no2)c1NC(C)=O. The second-order valence-electron chi connectivity index (χ2n) is 3.95. The van der Waals surface area contributed by atoms with Crippen molar-refractivity contribution in [1.82, 2.24) is 5.16 Å². The molecule has 0 aliphatic heterocycles. The molecule has 7 heteroatoms. The van der Waals surface area contributed by atoms with Gasteiger partial charge in [-0.05, 0) is 12.1 Å². The van der Waals surface area contributed by atoms with Crippen LogP contribution < -0.4 is 10.1 Å². The molecule has 2 aromatic rings. The molecule has 0 saturated carbocycles. The summed E-state index contributed by atoms with van der Waals surface area (Å²) in [7, 11) is 1.47. The van der Waals surface area contributed by atoms with Crippen molar-refractivity contribution in [3.63, 3.8) is 0 Å². The third-order valence-corrected chi connectivity index (χ3v) is 2.54. The Labute approximate surface area is 114 Å². The van der Waals surface area contributed by atoms with E-state index in [2.05, 4.69) is 10.5 Å². The average Bonchev–Trinajstić information content (AvgIpc) is 2.88. The van der Waals surface area contributed by atoms with E-state index < -0.39 is 5.97 Å². The van der Waals surface area contributed by atoms with Gasteiger partial charge in [0, 0.05) is 18.6 Å². The summed E-state index contributed by atoms with van der Waals surface area (Å²) in [5.74, 6) is -0.811. The highest BCUT2D eigenvalue weighted by molar-refractivity contribution is 5.96. The lowest BCUT2D eigenvalue weighted by Gasteiger charge is -2.12. The Kier molecular flexibility index (Phi) is 3.69. The molecule has 2 rings (SSSR count). The van der Waals surface area contributed by atoms with Crippen molar-refractivity contribution in [2.75, 3.05) is 12.4 Å². The topological polar surface area (TPSA) is 102 Å². The van der Waals surface area contributed by atoms with Gasteiger partial charge in [-0.2, -0.15) is 0 Å². The summed E-state index contributed by atoms with van der Waals surface area (Å²) >= 11 is 0. The van der Waals surface area contributed by atoms with Gasteiger partial charge in [-0.15, -0.1) is 0 Å². The largest absolute Gasteiger partial charge is 0.495 e. The van der Waals surface area contributed by atoms with E-state index in [0.29, 0.717) is 17.0 Å². The number of carbonyl (C=O) groups excluding carboxylic acids is 1. The molecule has 7 nitrogen and oxygen atoms in total. The fourth-order valence-corrected chi connectivity index (χ4v) is 1.71. The second kappa shape index (κ2) is 5.43. The van der Waals surface area contributed by atoms with Crippen LogP contribution in [0.1, 0.15) is 17.4 Å². The van der Waals surface area contributed by atoms with Crippen molar-refractivity contribution in [1.29, 1.82) is 0 Å². The Morgan fingerprint density at radius 3 is 2.70 bits per heavy atom. The number of carbonyl (C=O) groups is 2. The molecule has 0 aliphatic carbocycles. The Hall–Kier alpha value is -2.83. The van der Waals surface area contributed by atoms with Gasteiger partial charge in [0.25, 0.3) is 0 Å². The molecule has 1 aromatic heterocycles. The maximum Gasteiger partial charge on any atom is 0.358 e. The Balaban J connectivity index is 2.54. The predicted molar refractivity (Wildman–Crippen MR) is 69.8 cm³/mol. The van der Waals surface area contributed by atoms with Gasteiger partial charge in [-0.1, -0.05) is 11.2 Å². The zero-order valence-corrected chi connectivity index (χ0v) is 10.8. The van der Waals surface area contributed by atoms with Gasteiger partial charge in [0.2, 0.25) is 5.91 Å². The predicted octanol–water partition coefficient (Wildman–Crippen LogP) is 2.01. The second-order valence-corrected chi connectivity index (χ2v) is 3.95. The first-order valence-corrected chi connectivity index (χ1v) is 5.68. The number of para-hydroxylation sites is 1. The Morgan fingerprint density at radius 2 is 2.15 bits per heavy atom. The Morgan fingerprint density at radius 1 is 1.40 bits per heavy atom. The minimum absolute atomic E-state index is 0.211. The number of hydrogen-bond donors (Lipinski definition) is 2. The van der Waals surface area contributed by atoms with Gasteiger partial charge >= 0.3 is 5.97 Å². The third kappa shape index (κ3) is 2.61. The van der Waals surface area contributed by atoms with Crippen LogP contribution in [0.25, 0.3) is 11.3 Å². The van der Waals surface area contributed by atoms with Crippen LogP contribution in [-0.4, -0.2) is 29.2 Å². The van der Waals surface area contributed by atoms with Crippen LogP contribution in [-0.2, 0) is 4.79 Å². The number of nitrogens with one attached hydrogen (secondary N) is 1. The van der Waals surface area contributed by atoms with E-state index in [1.807, 2.05) is 0 Å². The van der Waals surface area contributed by atoms with Crippen LogP contribution in [0.3, 0.4) is 0 Å². The smallest absolute Gasteiger partial charge is 0.358 e. The van der Waals surface area contributed by atoms with Crippen molar-refractivity contribution in [2.45, 2.75) is 6.92 Å². The monoisotopic (exact) mass is 276 g/mol. The number of carboxylic acid groups (broad SMARTS) is 1. The highest BCUT2D eigenvalue weighted by Gasteiger charge is 2.18. The van der Waals surface area contributed by atoms with E-state index in [4.69, 9.17) is 14.4 Å². The van der Waals surface area contributed by atoms with Gasteiger partial charge in [0.05, 0.1) is 12.8 Å². The lowest BCUT2D eigenvalue weighted by atomic mass is 10.1. The molecule has 0 fully saturated rings. The highest BCUT2D eigenvalue weighted by atomic mass is 16.5. The summed E-state index contributed by atoms with van der Waals surface area (Å²) in [5.41, 5.74) is 0.673. The number of carboxylic acids is 1. The summed E-state index contributed by atoms with van der Waals surface area (Å²) < 4.78 is 10.2. The average molecular weight is 276 g/mol. The molecule has 0 saturated heterocycles. The minimum atomic E-state index is -1.19. The number of methoxy groups -OCH3 is 1. The number of ether oxygens (including phenoxy) is 1. The minimum Gasteiger partial charge on any atom is -0.495 e. The molecule has 104 valence electrons. The van der Waals surface area contributed by atoms with Crippen LogP contribution >= 0.6 is 0 Å². The molecule has 0 aliphatic rings. The molecule has 0 bridgehead atoms. The fraction of sp³-hybridized carbons (Fsp3) is 0.154. The quantitative estimate of drug-likeness (QED) is 0.885. The lowest BCUT2D eigenvalue weighted by Crippen LogP contribution is -2.08. The van der Waals surface area contributed by atoms with Crippen LogP contribution in [0.2, 0.25) is 0 Å². The van der Waals surface area contributed by atoms with Gasteiger partial charge in [0.1, 0.15) is 5.75 Å². The summed E-state index contributed by atoms with van der Waals surface area (Å²) in [6.07, 6.45) is 0. The molecule has 1 amide bonds. The summed E-state index contributed by atoms with van der Waals surface area (Å²) in [5, 5.41) is 14.9. The summed E-state index contributed by atoms with van der Waals surface area (Å²) in [4.78, 5) is 22.1. The van der Waals surface area contributed by atoms with E-state index >= 15 is 0 Å². The maximum absolute atomic E-state index is 11.3. The highest BCUT2D eigenvalue weighted by Crippen LogP contribution is 2.36. The van der Waals surface area contributed by atoms with Crippen LogP contribution in [0.15, 0.2) is 28.8 Å². The van der Waals surface area contributed by atoms with Crippen molar-refractivity contribution < 1.29 is 24.0 Å². The number of nitrogens with zero attached hydrogens (tertiary/aromatic N) is 1. The molecule has 0 unspecified atom stereocenters. The first kappa shape index (κ1) is 13.6. The zero-order valence-electron chi connectivity index (χ0n) is 10.8. The number of benzene rings is 1. The van der Waals surface area contributed by atoms with Gasteiger partial charge in [0.15, 0.2) is 11.5 Å². The molecular formula is C13H12N2O5. The number of hydrogen-bond acceptors (Lipinski definition) is 5. The molecule has 0 radical (unpaired) electrons. The van der Waals surface area contributed by atoms with E-state index in [1.165, 1.54) is 20.1 Å². The Bertz CT molecular complexity index is 663. The number of aromatic carboxylic acids is 1. The van der Waals surface area contributed by atoms with Crippen LogP contribution in [0.4, 0.5) is 5.69 Å². The maximum atomic E-state index is 11.3. The van der Waals surface area contributed by atoms with Crippen LogP contribution in [0.5, 0.6) is 5.75 Å². The lowest BCUT2D eigenvalue weighted by molar-refractivity contribution is -0.114. The van der Waals surface area contributed by atoms with Crippen molar-refractivity contribution in [3.8, 4) is 17.1 Å². The fourth-order valence-electron chi connectivity index (χ4n) is 1.71. The van der Waals surface area contributed by atoms with Crippen molar-refractivity contribution in [3.05, 3.63) is 30.0 Å². The first-order chi connectivity index (χ1) is 9.52. The number of anilines is 1. The standard InChI is InChI=1S/C13H12N2O5/c1-7(16)14-12-8(4-3-5-10(12)19-2)11-6-9(13(17)18)15-20-11/h3-6H,1-2H3,(H,14,16)(H,17,18). The number of rotatable bonds is 4. The van der Waals surface area contributed by atoms with E-state index in [-0.39, 0.29) is 17.4 Å². The first-order valence-electron chi connectivity index (χ1n) is 5.68. The van der Waals surface area contributed by atoms with Gasteiger partial charge in [-0.3, -0.25) is 4.79 Å². The van der Waals surface area contributed by atoms with E-state index in [1.54, 1.807) is 18.2 Å². The third-order valence-electron chi connectivity index (χ3n) is 2.54. The molecule has 1 aromatic carbocycles. The number of amides is 1. The zero-order chi connectivity index (χ0) is 14.7. The van der Waals surface area contributed by atoms with Gasteiger partial charge in [-0.25, -0.2) is 4.79 Å². The molecule has 0 spiro atoms. The van der Waals surface area contributed by atoms with Crippen LogP contribution in [0, 0.1) is 0 Å². The molecule has 20 heavy (non-hydrogen) atoms. The summed E-state index contributed by atoms with van der Waals surface area (Å²) in [6.45, 7) is 1.36. The van der Waals surface area contributed by atoms with E-state index in [0.717, 1.165) is 0 Å². The number of aromatic nitrogens is 1. The molecule has 2 N–H and O–H groups in total. The molecular weight excluding hydrogens is 264 g/mol. The van der Waals surface area contributed by atoms with Crippen molar-refractivity contribution in [2.24, 2.45) is 0 Å². The van der Waals surface area contributed by atoms with Crippen molar-refractivity contribution >= 4 is 17.6 Å². The van der Waals surface area contributed by atoms with E-state index in [9.17, 15) is 9.59 Å². The normalized spacial score (nSPS) is 10.1.